The topological polar surface area (TPSA) is 69.2 Å². The fourth-order valence-electron chi connectivity index (χ4n) is 4.13. The van der Waals surface area contributed by atoms with Crippen molar-refractivity contribution in [3.05, 3.63) is 76.3 Å². The van der Waals surface area contributed by atoms with Crippen LogP contribution < -0.4 is 10.5 Å². The van der Waals surface area contributed by atoms with Gasteiger partial charge < -0.3 is 15.0 Å². The molecule has 5 rings (SSSR count). The van der Waals surface area contributed by atoms with Gasteiger partial charge in [-0.3, -0.25) is 9.78 Å². The number of H-pyrrole nitrogens is 1. The molecule has 4 aromatic rings. The minimum absolute atomic E-state index is 0.0634. The second kappa shape index (κ2) is 7.50. The zero-order chi connectivity index (χ0) is 20.7. The van der Waals surface area contributed by atoms with E-state index in [-0.39, 0.29) is 16.9 Å². The number of rotatable bonds is 3. The van der Waals surface area contributed by atoms with Gasteiger partial charge in [0.2, 0.25) is 0 Å². The molecule has 0 radical (unpaired) electrons. The first kappa shape index (κ1) is 18.7. The molecule has 1 saturated heterocycles. The normalized spacial score (nSPS) is 13.8. The number of aromatic amines is 1. The summed E-state index contributed by atoms with van der Waals surface area (Å²) < 4.78 is 0. The van der Waals surface area contributed by atoms with Gasteiger partial charge in [-0.25, -0.2) is 0 Å². The molecule has 0 spiro atoms. The second-order valence-electron chi connectivity index (χ2n) is 7.53. The van der Waals surface area contributed by atoms with Crippen LogP contribution in [-0.4, -0.2) is 28.2 Å². The number of benzene rings is 2. The number of aromatic nitrogens is 2. The van der Waals surface area contributed by atoms with E-state index < -0.39 is 0 Å². The summed E-state index contributed by atoms with van der Waals surface area (Å²) in [6.45, 7) is 2.18. The molecule has 1 aliphatic rings. The predicted octanol–water partition coefficient (Wildman–Crippen LogP) is 5.22. The maximum atomic E-state index is 12.6. The lowest BCUT2D eigenvalue weighted by Crippen LogP contribution is -2.17. The Morgan fingerprint density at radius 2 is 1.67 bits per heavy atom. The highest BCUT2D eigenvalue weighted by molar-refractivity contribution is 6.34. The van der Waals surface area contributed by atoms with Gasteiger partial charge in [-0.2, -0.15) is 0 Å². The van der Waals surface area contributed by atoms with Crippen LogP contribution in [0.25, 0.3) is 33.2 Å². The van der Waals surface area contributed by atoms with Gasteiger partial charge in [-0.1, -0.05) is 23.7 Å². The summed E-state index contributed by atoms with van der Waals surface area (Å²) in [6.07, 6.45) is 5.65. The van der Waals surface area contributed by atoms with Crippen LogP contribution in [-0.2, 0) is 0 Å². The average Bonchev–Trinajstić information content (AvgIpc) is 3.29. The van der Waals surface area contributed by atoms with Crippen molar-refractivity contribution in [3.63, 3.8) is 0 Å². The van der Waals surface area contributed by atoms with Crippen LogP contribution in [0, 0.1) is 0 Å². The Balaban J connectivity index is 1.63. The van der Waals surface area contributed by atoms with Crippen LogP contribution in [0.1, 0.15) is 12.8 Å². The van der Waals surface area contributed by atoms with Gasteiger partial charge in [0.15, 0.2) is 0 Å². The number of nitrogens with zero attached hydrogens (tertiary/aromatic N) is 2. The molecule has 30 heavy (non-hydrogen) atoms. The minimum atomic E-state index is -0.370. The van der Waals surface area contributed by atoms with Crippen molar-refractivity contribution in [1.29, 1.82) is 0 Å². The molecule has 0 aliphatic carbocycles. The predicted molar refractivity (Wildman–Crippen MR) is 121 cm³/mol. The minimum Gasteiger partial charge on any atom is -0.506 e. The Morgan fingerprint density at radius 1 is 0.967 bits per heavy atom. The fourth-order valence-corrected chi connectivity index (χ4v) is 4.41. The standard InChI is InChI=1S/C24H20ClN3O2/c25-20-14-21-19(23(29)22(24(30)27-21)16-7-9-26-10-8-16)13-18(20)15-3-5-17(6-4-15)28-11-1-2-12-28/h3-10,13-14H,1-2,11-12H2,(H2,27,29,30). The molecular weight excluding hydrogens is 398 g/mol. The molecule has 0 amide bonds. The molecular formula is C24H20ClN3O2. The third-order valence-corrected chi connectivity index (χ3v) is 6.01. The number of nitrogens with one attached hydrogen (secondary N) is 1. The van der Waals surface area contributed by atoms with E-state index in [2.05, 4.69) is 27.0 Å². The van der Waals surface area contributed by atoms with E-state index in [9.17, 15) is 9.90 Å². The largest absolute Gasteiger partial charge is 0.506 e. The summed E-state index contributed by atoms with van der Waals surface area (Å²) in [5.74, 6) is -0.0634. The van der Waals surface area contributed by atoms with Crippen molar-refractivity contribution in [2.45, 2.75) is 12.8 Å². The zero-order valence-electron chi connectivity index (χ0n) is 16.2. The molecule has 1 aliphatic heterocycles. The van der Waals surface area contributed by atoms with Crippen LogP contribution >= 0.6 is 11.6 Å². The highest BCUT2D eigenvalue weighted by atomic mass is 35.5. The first-order valence-electron chi connectivity index (χ1n) is 9.96. The van der Waals surface area contributed by atoms with E-state index >= 15 is 0 Å². The Bertz CT molecular complexity index is 1280. The zero-order valence-corrected chi connectivity index (χ0v) is 17.0. The van der Waals surface area contributed by atoms with E-state index in [4.69, 9.17) is 11.6 Å². The third-order valence-electron chi connectivity index (χ3n) is 5.69. The Morgan fingerprint density at radius 3 is 2.37 bits per heavy atom. The van der Waals surface area contributed by atoms with Gasteiger partial charge in [-0.15, -0.1) is 0 Å². The van der Waals surface area contributed by atoms with Crippen molar-refractivity contribution in [2.75, 3.05) is 18.0 Å². The molecule has 1 fully saturated rings. The Hall–Kier alpha value is -3.31. The molecule has 5 nitrogen and oxygen atoms in total. The van der Waals surface area contributed by atoms with Crippen LogP contribution in [0.3, 0.4) is 0 Å². The maximum absolute atomic E-state index is 12.6. The molecule has 0 unspecified atom stereocenters. The summed E-state index contributed by atoms with van der Waals surface area (Å²) in [6, 6.07) is 15.2. The van der Waals surface area contributed by atoms with E-state index in [1.807, 2.05) is 18.2 Å². The molecule has 0 atom stereocenters. The van der Waals surface area contributed by atoms with Crippen LogP contribution in [0.4, 0.5) is 5.69 Å². The lowest BCUT2D eigenvalue weighted by Gasteiger charge is -2.18. The molecule has 3 heterocycles. The van der Waals surface area contributed by atoms with Crippen LogP contribution in [0.2, 0.25) is 5.02 Å². The van der Waals surface area contributed by atoms with E-state index in [1.54, 1.807) is 30.6 Å². The van der Waals surface area contributed by atoms with E-state index in [0.29, 0.717) is 21.5 Å². The quantitative estimate of drug-likeness (QED) is 0.479. The fraction of sp³-hybridized carbons (Fsp3) is 0.167. The molecule has 2 aromatic carbocycles. The second-order valence-corrected chi connectivity index (χ2v) is 7.94. The van der Waals surface area contributed by atoms with E-state index in [1.165, 1.54) is 18.5 Å². The third kappa shape index (κ3) is 3.21. The van der Waals surface area contributed by atoms with Gasteiger partial charge in [0, 0.05) is 42.1 Å². The lowest BCUT2D eigenvalue weighted by molar-refractivity contribution is 0.482. The monoisotopic (exact) mass is 417 g/mol. The lowest BCUT2D eigenvalue weighted by atomic mass is 9.99. The summed E-state index contributed by atoms with van der Waals surface area (Å²) >= 11 is 6.54. The van der Waals surface area contributed by atoms with Gasteiger partial charge in [0.25, 0.3) is 5.56 Å². The van der Waals surface area contributed by atoms with E-state index in [0.717, 1.165) is 24.2 Å². The van der Waals surface area contributed by atoms with Crippen molar-refractivity contribution in [3.8, 4) is 28.0 Å². The van der Waals surface area contributed by atoms with Crippen molar-refractivity contribution >= 4 is 28.2 Å². The molecule has 2 aromatic heterocycles. The summed E-state index contributed by atoms with van der Waals surface area (Å²) in [7, 11) is 0. The Labute approximate surface area is 178 Å². The smallest absolute Gasteiger partial charge is 0.260 e. The molecule has 0 saturated carbocycles. The highest BCUT2D eigenvalue weighted by Crippen LogP contribution is 2.38. The van der Waals surface area contributed by atoms with Crippen molar-refractivity contribution in [2.24, 2.45) is 0 Å². The van der Waals surface area contributed by atoms with Crippen molar-refractivity contribution in [1.82, 2.24) is 9.97 Å². The summed E-state index contributed by atoms with van der Waals surface area (Å²) in [4.78, 5) is 21.8. The number of pyridine rings is 2. The summed E-state index contributed by atoms with van der Waals surface area (Å²) in [5.41, 5.74) is 3.93. The van der Waals surface area contributed by atoms with Gasteiger partial charge in [-0.05, 0) is 60.4 Å². The van der Waals surface area contributed by atoms with Crippen LogP contribution in [0.5, 0.6) is 5.75 Å². The first-order valence-corrected chi connectivity index (χ1v) is 10.3. The molecule has 2 N–H and O–H groups in total. The SMILES string of the molecule is O=c1[nH]c2cc(Cl)c(-c3ccc(N4CCCC4)cc3)cc2c(O)c1-c1ccncc1. The number of aromatic hydroxyl groups is 1. The number of hydrogen-bond donors (Lipinski definition) is 2. The molecule has 6 heteroatoms. The Kier molecular flexibility index (Phi) is 4.68. The number of fused-ring (bicyclic) bond motifs is 1. The maximum Gasteiger partial charge on any atom is 0.260 e. The highest BCUT2D eigenvalue weighted by Gasteiger charge is 2.17. The number of anilines is 1. The number of hydrogen-bond acceptors (Lipinski definition) is 4. The van der Waals surface area contributed by atoms with Crippen molar-refractivity contribution < 1.29 is 5.11 Å². The number of halogens is 1. The molecule has 150 valence electrons. The first-order chi connectivity index (χ1) is 14.6. The van der Waals surface area contributed by atoms with Gasteiger partial charge in [0.1, 0.15) is 5.75 Å². The summed E-state index contributed by atoms with van der Waals surface area (Å²) in [5, 5.41) is 12.0. The van der Waals surface area contributed by atoms with Gasteiger partial charge in [0.05, 0.1) is 16.1 Å². The average molecular weight is 418 g/mol. The van der Waals surface area contributed by atoms with Crippen LogP contribution in [0.15, 0.2) is 65.7 Å². The molecule has 0 bridgehead atoms. The van der Waals surface area contributed by atoms with Gasteiger partial charge >= 0.3 is 0 Å².